The molecule has 2 aliphatic heterocycles. The lowest BCUT2D eigenvalue weighted by atomic mass is 10.1. The smallest absolute Gasteiger partial charge is 0.325 e. The van der Waals surface area contributed by atoms with Gasteiger partial charge in [0.1, 0.15) is 12.1 Å². The number of rotatable bonds is 0. The van der Waals surface area contributed by atoms with E-state index in [2.05, 4.69) is 22.6 Å². The molecule has 4 heteroatoms. The summed E-state index contributed by atoms with van der Waals surface area (Å²) in [7, 11) is 0. The first-order valence-electron chi connectivity index (χ1n) is 6.00. The fourth-order valence-corrected chi connectivity index (χ4v) is 2.58. The summed E-state index contributed by atoms with van der Waals surface area (Å²) in [4.78, 5) is 11.7. The third-order valence-corrected chi connectivity index (χ3v) is 3.54. The summed E-state index contributed by atoms with van der Waals surface area (Å²) >= 11 is 0. The Hall–Kier alpha value is -1.55. The van der Waals surface area contributed by atoms with Gasteiger partial charge in [0, 0.05) is 6.42 Å². The number of benzene rings is 1. The van der Waals surface area contributed by atoms with E-state index in [0.29, 0.717) is 0 Å². The van der Waals surface area contributed by atoms with Gasteiger partial charge in [0.25, 0.3) is 0 Å². The van der Waals surface area contributed by atoms with Gasteiger partial charge in [-0.25, -0.2) is 5.43 Å². The van der Waals surface area contributed by atoms with E-state index in [4.69, 9.17) is 4.74 Å². The zero-order chi connectivity index (χ0) is 12.0. The van der Waals surface area contributed by atoms with E-state index in [1.165, 1.54) is 5.56 Å². The Morgan fingerprint density at radius 3 is 2.94 bits per heavy atom. The standard InChI is InChI=1S/C13H16N2O2/c1-8-13(16)17-9(2)12-7-10-5-3-4-6-11(10)15(12)14-8/h3-6,8-9,12,14H,7H2,1-2H3/t8-,9-,12+/m1/s1. The second-order valence-corrected chi connectivity index (χ2v) is 4.76. The average Bonchev–Trinajstić information content (AvgIpc) is 2.63. The van der Waals surface area contributed by atoms with Crippen LogP contribution in [0.1, 0.15) is 19.4 Å². The fourth-order valence-electron chi connectivity index (χ4n) is 2.58. The van der Waals surface area contributed by atoms with Gasteiger partial charge in [-0.3, -0.25) is 4.79 Å². The minimum Gasteiger partial charge on any atom is -0.459 e. The van der Waals surface area contributed by atoms with Crippen LogP contribution in [-0.4, -0.2) is 24.2 Å². The number of hydrogen-bond donors (Lipinski definition) is 1. The van der Waals surface area contributed by atoms with E-state index in [1.54, 1.807) is 0 Å². The summed E-state index contributed by atoms with van der Waals surface area (Å²) in [6.45, 7) is 3.79. The second kappa shape index (κ2) is 3.74. The zero-order valence-electron chi connectivity index (χ0n) is 10.0. The van der Waals surface area contributed by atoms with Gasteiger partial charge < -0.3 is 9.75 Å². The largest absolute Gasteiger partial charge is 0.459 e. The lowest BCUT2D eigenvalue weighted by molar-refractivity contribution is -0.149. The highest BCUT2D eigenvalue weighted by molar-refractivity contribution is 5.77. The minimum absolute atomic E-state index is 0.0904. The van der Waals surface area contributed by atoms with Crippen molar-refractivity contribution < 1.29 is 9.53 Å². The highest BCUT2D eigenvalue weighted by Crippen LogP contribution is 2.33. The van der Waals surface area contributed by atoms with Crippen molar-refractivity contribution in [2.24, 2.45) is 0 Å². The van der Waals surface area contributed by atoms with Gasteiger partial charge in [0.05, 0.1) is 11.7 Å². The van der Waals surface area contributed by atoms with Crippen LogP contribution in [0.2, 0.25) is 0 Å². The molecule has 1 fully saturated rings. The van der Waals surface area contributed by atoms with Gasteiger partial charge in [-0.05, 0) is 25.5 Å². The van der Waals surface area contributed by atoms with Gasteiger partial charge in [-0.2, -0.15) is 0 Å². The van der Waals surface area contributed by atoms with Crippen LogP contribution in [0.25, 0.3) is 0 Å². The van der Waals surface area contributed by atoms with Crippen molar-refractivity contribution in [3.05, 3.63) is 29.8 Å². The molecule has 0 amide bonds. The first kappa shape index (κ1) is 10.6. The third-order valence-electron chi connectivity index (χ3n) is 3.54. The first-order chi connectivity index (χ1) is 8.16. The van der Waals surface area contributed by atoms with E-state index >= 15 is 0 Å². The molecule has 90 valence electrons. The maximum Gasteiger partial charge on any atom is 0.325 e. The maximum absolute atomic E-state index is 11.7. The Kier molecular flexibility index (Phi) is 2.33. The number of cyclic esters (lactones) is 1. The summed E-state index contributed by atoms with van der Waals surface area (Å²) < 4.78 is 5.43. The molecule has 2 heterocycles. The number of carbonyl (C=O) groups is 1. The van der Waals surface area contributed by atoms with Crippen LogP contribution in [0.3, 0.4) is 0 Å². The molecule has 0 spiro atoms. The molecule has 1 aromatic carbocycles. The van der Waals surface area contributed by atoms with E-state index in [9.17, 15) is 4.79 Å². The monoisotopic (exact) mass is 232 g/mol. The molecule has 2 aliphatic rings. The second-order valence-electron chi connectivity index (χ2n) is 4.76. The average molecular weight is 232 g/mol. The molecular formula is C13H16N2O2. The van der Waals surface area contributed by atoms with Crippen molar-refractivity contribution in [2.75, 3.05) is 5.01 Å². The van der Waals surface area contributed by atoms with Crippen LogP contribution in [0.15, 0.2) is 24.3 Å². The van der Waals surface area contributed by atoms with Crippen LogP contribution in [0.4, 0.5) is 5.69 Å². The third kappa shape index (κ3) is 1.60. The Labute approximate surface area is 101 Å². The van der Waals surface area contributed by atoms with E-state index in [-0.39, 0.29) is 24.2 Å². The molecule has 0 unspecified atom stereocenters. The number of fused-ring (bicyclic) bond motifs is 3. The lowest BCUT2D eigenvalue weighted by Gasteiger charge is -2.28. The first-order valence-corrected chi connectivity index (χ1v) is 6.00. The quantitative estimate of drug-likeness (QED) is 0.684. The Morgan fingerprint density at radius 2 is 2.12 bits per heavy atom. The number of para-hydroxylation sites is 1. The van der Waals surface area contributed by atoms with Crippen molar-refractivity contribution in [2.45, 2.75) is 38.5 Å². The number of nitrogens with one attached hydrogen (secondary N) is 1. The summed E-state index contributed by atoms with van der Waals surface area (Å²) in [6.07, 6.45) is 0.831. The molecular weight excluding hydrogens is 216 g/mol. The number of anilines is 1. The molecule has 0 aromatic heterocycles. The molecule has 0 radical (unpaired) electrons. The molecule has 1 N–H and O–H groups in total. The normalized spacial score (nSPS) is 31.5. The number of hydrogen-bond acceptors (Lipinski definition) is 4. The summed E-state index contributed by atoms with van der Waals surface area (Å²) in [6, 6.07) is 8.18. The highest BCUT2D eigenvalue weighted by atomic mass is 16.5. The van der Waals surface area contributed by atoms with Crippen molar-refractivity contribution in [3.63, 3.8) is 0 Å². The molecule has 0 saturated carbocycles. The lowest BCUT2D eigenvalue weighted by Crippen LogP contribution is -2.49. The Balaban J connectivity index is 1.99. The fraction of sp³-hybridized carbons (Fsp3) is 0.462. The summed E-state index contributed by atoms with van der Waals surface area (Å²) in [5.74, 6) is -0.176. The molecule has 0 aliphatic carbocycles. The predicted octanol–water partition coefficient (Wildman–Crippen LogP) is 1.26. The highest BCUT2D eigenvalue weighted by Gasteiger charge is 2.39. The van der Waals surface area contributed by atoms with Gasteiger partial charge in [0.2, 0.25) is 0 Å². The van der Waals surface area contributed by atoms with Gasteiger partial charge >= 0.3 is 5.97 Å². The van der Waals surface area contributed by atoms with Gasteiger partial charge in [0.15, 0.2) is 0 Å². The van der Waals surface area contributed by atoms with Crippen molar-refractivity contribution in [3.8, 4) is 0 Å². The molecule has 3 atom stereocenters. The van der Waals surface area contributed by atoms with E-state index < -0.39 is 0 Å². The van der Waals surface area contributed by atoms with Crippen LogP contribution < -0.4 is 10.4 Å². The summed E-state index contributed by atoms with van der Waals surface area (Å²) in [5, 5.41) is 2.09. The van der Waals surface area contributed by atoms with Crippen LogP contribution in [-0.2, 0) is 16.0 Å². The molecule has 17 heavy (non-hydrogen) atoms. The molecule has 0 bridgehead atoms. The maximum atomic E-state index is 11.7. The van der Waals surface area contributed by atoms with Crippen molar-refractivity contribution in [1.29, 1.82) is 0 Å². The molecule has 1 aromatic rings. The van der Waals surface area contributed by atoms with Gasteiger partial charge in [-0.1, -0.05) is 18.2 Å². The number of carbonyl (C=O) groups excluding carboxylic acids is 1. The minimum atomic E-state index is -0.298. The molecule has 1 saturated heterocycles. The molecule has 3 rings (SSSR count). The SMILES string of the molecule is C[C@H]1NN2c3ccccc3C[C@H]2[C@@H](C)OC1=O. The Bertz CT molecular complexity index is 460. The van der Waals surface area contributed by atoms with Crippen molar-refractivity contribution in [1.82, 2.24) is 5.43 Å². The molecule has 4 nitrogen and oxygen atoms in total. The number of nitrogens with zero attached hydrogens (tertiary/aromatic N) is 1. The summed E-state index contributed by atoms with van der Waals surface area (Å²) in [5.41, 5.74) is 5.70. The van der Waals surface area contributed by atoms with E-state index in [0.717, 1.165) is 12.1 Å². The van der Waals surface area contributed by atoms with Crippen LogP contribution in [0, 0.1) is 0 Å². The Morgan fingerprint density at radius 1 is 1.35 bits per heavy atom. The number of ether oxygens (including phenoxy) is 1. The number of esters is 1. The van der Waals surface area contributed by atoms with Crippen LogP contribution in [0.5, 0.6) is 0 Å². The zero-order valence-corrected chi connectivity index (χ0v) is 10.0. The van der Waals surface area contributed by atoms with E-state index in [1.807, 2.05) is 26.0 Å². The van der Waals surface area contributed by atoms with Crippen LogP contribution >= 0.6 is 0 Å². The number of hydrazine groups is 1. The topological polar surface area (TPSA) is 41.6 Å². The van der Waals surface area contributed by atoms with Gasteiger partial charge in [-0.15, -0.1) is 0 Å². The van der Waals surface area contributed by atoms with Crippen molar-refractivity contribution >= 4 is 11.7 Å². The predicted molar refractivity (Wildman–Crippen MR) is 64.6 cm³/mol.